The van der Waals surface area contributed by atoms with Crippen molar-refractivity contribution in [3.63, 3.8) is 0 Å². The standard InChI is InChI=1S/C25H25ClN2O4S/c1-17(18-5-10-22(32-2)11-6-18)27-25(29)20-7-14-24-19(16-20)4-3-15-28(24)33(30,31)23-12-8-21(26)9-13-23/h5-14,16-17H,3-4,15H2,1-2H3,(H,27,29). The van der Waals surface area contributed by atoms with Gasteiger partial charge in [0.15, 0.2) is 0 Å². The average molecular weight is 485 g/mol. The molecular formula is C25H25ClN2O4S. The Hall–Kier alpha value is -3.03. The molecular weight excluding hydrogens is 460 g/mol. The Kier molecular flexibility index (Phi) is 6.63. The Morgan fingerprint density at radius 1 is 1.06 bits per heavy atom. The van der Waals surface area contributed by atoms with Crippen molar-refractivity contribution < 1.29 is 17.9 Å². The molecule has 1 heterocycles. The maximum Gasteiger partial charge on any atom is 0.264 e. The summed E-state index contributed by atoms with van der Waals surface area (Å²) in [5, 5.41) is 3.48. The number of fused-ring (bicyclic) bond motifs is 1. The summed E-state index contributed by atoms with van der Waals surface area (Å²) in [7, 11) is -2.11. The van der Waals surface area contributed by atoms with Gasteiger partial charge in [-0.2, -0.15) is 0 Å². The van der Waals surface area contributed by atoms with Crippen molar-refractivity contribution in [3.05, 3.63) is 88.4 Å². The number of hydrogen-bond donors (Lipinski definition) is 1. The van der Waals surface area contributed by atoms with Crippen LogP contribution in [-0.4, -0.2) is 28.0 Å². The lowest BCUT2D eigenvalue weighted by Gasteiger charge is -2.31. The number of carbonyl (C=O) groups excluding carboxylic acids is 1. The Labute approximate surface area is 199 Å². The van der Waals surface area contributed by atoms with Crippen molar-refractivity contribution in [2.45, 2.75) is 30.7 Å². The Balaban J connectivity index is 1.55. The number of nitrogens with zero attached hydrogens (tertiary/aromatic N) is 1. The molecule has 8 heteroatoms. The molecule has 0 spiro atoms. The summed E-state index contributed by atoms with van der Waals surface area (Å²) in [4.78, 5) is 13.1. The SMILES string of the molecule is COc1ccc(C(C)NC(=O)c2ccc3c(c2)CCCN3S(=O)(=O)c2ccc(Cl)cc2)cc1. The van der Waals surface area contributed by atoms with E-state index in [0.717, 1.165) is 16.9 Å². The van der Waals surface area contributed by atoms with E-state index in [0.29, 0.717) is 35.7 Å². The van der Waals surface area contributed by atoms with Crippen LogP contribution in [0.25, 0.3) is 0 Å². The zero-order chi connectivity index (χ0) is 23.6. The summed E-state index contributed by atoms with van der Waals surface area (Å²) in [5.41, 5.74) is 2.90. The minimum Gasteiger partial charge on any atom is -0.497 e. The number of methoxy groups -OCH3 is 1. The maximum absolute atomic E-state index is 13.2. The van der Waals surface area contributed by atoms with Crippen LogP contribution in [0.1, 0.15) is 40.9 Å². The fraction of sp³-hybridized carbons (Fsp3) is 0.240. The van der Waals surface area contributed by atoms with Gasteiger partial charge in [0.05, 0.1) is 23.7 Å². The molecule has 0 fully saturated rings. The number of ether oxygens (including phenoxy) is 1. The van der Waals surface area contributed by atoms with Gasteiger partial charge in [0.25, 0.3) is 15.9 Å². The number of anilines is 1. The van der Waals surface area contributed by atoms with E-state index in [4.69, 9.17) is 16.3 Å². The highest BCUT2D eigenvalue weighted by Gasteiger charge is 2.29. The topological polar surface area (TPSA) is 75.7 Å². The number of amides is 1. The zero-order valence-corrected chi connectivity index (χ0v) is 20.0. The third-order valence-corrected chi connectivity index (χ3v) is 7.86. The molecule has 3 aromatic carbocycles. The second-order valence-corrected chi connectivity index (χ2v) is 10.2. The van der Waals surface area contributed by atoms with Crippen molar-refractivity contribution in [3.8, 4) is 5.75 Å². The molecule has 6 nitrogen and oxygen atoms in total. The Morgan fingerprint density at radius 2 is 1.76 bits per heavy atom. The molecule has 172 valence electrons. The lowest BCUT2D eigenvalue weighted by atomic mass is 10.00. The minimum atomic E-state index is -3.72. The fourth-order valence-corrected chi connectivity index (χ4v) is 5.61. The maximum atomic E-state index is 13.2. The summed E-state index contributed by atoms with van der Waals surface area (Å²) in [6.45, 7) is 2.30. The monoisotopic (exact) mass is 484 g/mol. The lowest BCUT2D eigenvalue weighted by Crippen LogP contribution is -2.35. The highest BCUT2D eigenvalue weighted by Crippen LogP contribution is 2.33. The molecule has 1 unspecified atom stereocenters. The number of benzene rings is 3. The van der Waals surface area contributed by atoms with E-state index in [2.05, 4.69) is 5.32 Å². The molecule has 0 saturated heterocycles. The van der Waals surface area contributed by atoms with E-state index in [9.17, 15) is 13.2 Å². The molecule has 3 aromatic rings. The van der Waals surface area contributed by atoms with Crippen LogP contribution < -0.4 is 14.4 Å². The smallest absolute Gasteiger partial charge is 0.264 e. The predicted molar refractivity (Wildman–Crippen MR) is 130 cm³/mol. The van der Waals surface area contributed by atoms with Crippen LogP contribution in [0.2, 0.25) is 5.02 Å². The summed E-state index contributed by atoms with van der Waals surface area (Å²) >= 11 is 5.91. The quantitative estimate of drug-likeness (QED) is 0.535. The van der Waals surface area contributed by atoms with Crippen molar-refractivity contribution >= 4 is 33.2 Å². The lowest BCUT2D eigenvalue weighted by molar-refractivity contribution is 0.0940. The summed E-state index contributed by atoms with van der Waals surface area (Å²) in [6.07, 6.45) is 1.38. The van der Waals surface area contributed by atoms with Crippen molar-refractivity contribution in [1.82, 2.24) is 5.32 Å². The normalized spacial score (nSPS) is 14.3. The molecule has 1 amide bonds. The highest BCUT2D eigenvalue weighted by molar-refractivity contribution is 7.92. The van der Waals surface area contributed by atoms with Crippen LogP contribution in [0.3, 0.4) is 0 Å². The van der Waals surface area contributed by atoms with Crippen LogP contribution in [0.15, 0.2) is 71.6 Å². The van der Waals surface area contributed by atoms with Crippen LogP contribution in [-0.2, 0) is 16.4 Å². The Morgan fingerprint density at radius 3 is 2.42 bits per heavy atom. The predicted octanol–water partition coefficient (Wildman–Crippen LogP) is 4.98. The number of nitrogens with one attached hydrogen (secondary N) is 1. The van der Waals surface area contributed by atoms with Gasteiger partial charge < -0.3 is 10.1 Å². The molecule has 0 saturated carbocycles. The van der Waals surface area contributed by atoms with Crippen molar-refractivity contribution in [1.29, 1.82) is 0 Å². The fourth-order valence-electron chi connectivity index (χ4n) is 3.94. The van der Waals surface area contributed by atoms with Crippen LogP contribution in [0.5, 0.6) is 5.75 Å². The molecule has 1 atom stereocenters. The first kappa shape index (κ1) is 23.1. The third-order valence-electron chi connectivity index (χ3n) is 5.78. The summed E-state index contributed by atoms with van der Waals surface area (Å²) < 4.78 is 33.0. The molecule has 0 bridgehead atoms. The molecule has 33 heavy (non-hydrogen) atoms. The van der Waals surface area contributed by atoms with Gasteiger partial charge in [0.1, 0.15) is 5.75 Å². The first-order chi connectivity index (χ1) is 15.8. The van der Waals surface area contributed by atoms with E-state index in [1.54, 1.807) is 37.4 Å². The minimum absolute atomic E-state index is 0.190. The molecule has 0 aliphatic carbocycles. The van der Waals surface area contributed by atoms with E-state index >= 15 is 0 Å². The van der Waals surface area contributed by atoms with Gasteiger partial charge in [-0.15, -0.1) is 0 Å². The van der Waals surface area contributed by atoms with Gasteiger partial charge in [-0.05, 0) is 85.5 Å². The van der Waals surface area contributed by atoms with E-state index in [1.165, 1.54) is 16.4 Å². The number of sulfonamides is 1. The number of hydrogen-bond acceptors (Lipinski definition) is 4. The molecule has 0 aromatic heterocycles. The van der Waals surface area contributed by atoms with Gasteiger partial charge in [-0.3, -0.25) is 9.10 Å². The van der Waals surface area contributed by atoms with Gasteiger partial charge in [0.2, 0.25) is 0 Å². The Bertz CT molecular complexity index is 1260. The molecule has 1 aliphatic rings. The average Bonchev–Trinajstić information content (AvgIpc) is 2.83. The van der Waals surface area contributed by atoms with Gasteiger partial charge in [-0.1, -0.05) is 23.7 Å². The molecule has 1 N–H and O–H groups in total. The number of aryl methyl sites for hydroxylation is 1. The van der Waals surface area contributed by atoms with Crippen molar-refractivity contribution in [2.75, 3.05) is 18.0 Å². The summed E-state index contributed by atoms with van der Waals surface area (Å²) in [6, 6.07) is 18.7. The molecule has 0 radical (unpaired) electrons. The summed E-state index contributed by atoms with van der Waals surface area (Å²) in [5.74, 6) is 0.545. The second kappa shape index (κ2) is 9.45. The van der Waals surface area contributed by atoms with E-state index < -0.39 is 10.0 Å². The third kappa shape index (κ3) is 4.84. The van der Waals surface area contributed by atoms with Gasteiger partial charge in [-0.25, -0.2) is 8.42 Å². The molecule has 1 aliphatic heterocycles. The van der Waals surface area contributed by atoms with Crippen LogP contribution in [0, 0.1) is 0 Å². The number of halogens is 1. The van der Waals surface area contributed by atoms with Gasteiger partial charge in [0, 0.05) is 17.1 Å². The first-order valence-corrected chi connectivity index (χ1v) is 12.5. The number of carbonyl (C=O) groups is 1. The largest absolute Gasteiger partial charge is 0.497 e. The first-order valence-electron chi connectivity index (χ1n) is 10.7. The molecule has 4 rings (SSSR count). The second-order valence-electron chi connectivity index (χ2n) is 7.95. The zero-order valence-electron chi connectivity index (χ0n) is 18.4. The van der Waals surface area contributed by atoms with E-state index in [-0.39, 0.29) is 16.8 Å². The van der Waals surface area contributed by atoms with Gasteiger partial charge >= 0.3 is 0 Å². The van der Waals surface area contributed by atoms with E-state index in [1.807, 2.05) is 31.2 Å². The van der Waals surface area contributed by atoms with Crippen molar-refractivity contribution in [2.24, 2.45) is 0 Å². The van der Waals surface area contributed by atoms with Crippen LogP contribution >= 0.6 is 11.6 Å². The number of rotatable bonds is 6. The highest BCUT2D eigenvalue weighted by atomic mass is 35.5. The van der Waals surface area contributed by atoms with Crippen LogP contribution in [0.4, 0.5) is 5.69 Å².